The molecule has 114 valence electrons. The van der Waals surface area contributed by atoms with Gasteiger partial charge in [0.05, 0.1) is 12.2 Å². The molecule has 0 heterocycles. The van der Waals surface area contributed by atoms with Gasteiger partial charge in [-0.05, 0) is 18.2 Å². The van der Waals surface area contributed by atoms with Crippen LogP contribution >= 0.6 is 11.6 Å². The molecule has 0 atom stereocenters. The van der Waals surface area contributed by atoms with Gasteiger partial charge in [0.25, 0.3) is 0 Å². The predicted molar refractivity (Wildman–Crippen MR) is 81.1 cm³/mol. The number of carboxylic acids is 1. The number of carboxylic acid groups (broad SMARTS) is 1. The van der Waals surface area contributed by atoms with Gasteiger partial charge in [-0.15, -0.1) is 6.58 Å². The number of hydrogen-bond acceptors (Lipinski definition) is 3. The number of hydrogen-bond donors (Lipinski definition) is 2. The van der Waals surface area contributed by atoms with Crippen LogP contribution in [-0.2, 0) is 4.74 Å². The van der Waals surface area contributed by atoms with Gasteiger partial charge in [-0.3, -0.25) is 0 Å². The van der Waals surface area contributed by atoms with Gasteiger partial charge < -0.3 is 20.1 Å². The van der Waals surface area contributed by atoms with Crippen molar-refractivity contribution in [3.8, 4) is 0 Å². The van der Waals surface area contributed by atoms with Crippen molar-refractivity contribution in [1.82, 2.24) is 4.90 Å². The maximum atomic E-state index is 12.1. The van der Waals surface area contributed by atoms with Crippen LogP contribution in [0.1, 0.15) is 10.4 Å². The van der Waals surface area contributed by atoms with Crippen LogP contribution in [-0.4, -0.2) is 48.8 Å². The average molecular weight is 313 g/mol. The summed E-state index contributed by atoms with van der Waals surface area (Å²) in [4.78, 5) is 24.6. The number of halogens is 1. The molecule has 2 N–H and O–H groups in total. The summed E-state index contributed by atoms with van der Waals surface area (Å²) in [5.74, 6) is -1.12. The summed E-state index contributed by atoms with van der Waals surface area (Å²) in [7, 11) is 1.54. The van der Waals surface area contributed by atoms with Crippen molar-refractivity contribution in [2.45, 2.75) is 0 Å². The van der Waals surface area contributed by atoms with E-state index in [9.17, 15) is 9.59 Å². The van der Waals surface area contributed by atoms with Crippen molar-refractivity contribution in [3.63, 3.8) is 0 Å². The Bertz CT molecular complexity index is 534. The van der Waals surface area contributed by atoms with Crippen molar-refractivity contribution in [1.29, 1.82) is 0 Å². The van der Waals surface area contributed by atoms with Crippen LogP contribution < -0.4 is 5.32 Å². The zero-order chi connectivity index (χ0) is 15.8. The summed E-state index contributed by atoms with van der Waals surface area (Å²) in [6, 6.07) is 3.75. The number of amides is 2. The van der Waals surface area contributed by atoms with Crippen LogP contribution in [0, 0.1) is 0 Å². The number of rotatable bonds is 7. The third-order valence-corrected chi connectivity index (χ3v) is 2.82. The summed E-state index contributed by atoms with van der Waals surface area (Å²) >= 11 is 5.84. The molecule has 0 spiro atoms. The second-order valence-electron chi connectivity index (χ2n) is 4.19. The van der Waals surface area contributed by atoms with E-state index in [-0.39, 0.29) is 16.6 Å². The van der Waals surface area contributed by atoms with Gasteiger partial charge in [-0.1, -0.05) is 17.7 Å². The van der Waals surface area contributed by atoms with Crippen molar-refractivity contribution in [2.24, 2.45) is 0 Å². The van der Waals surface area contributed by atoms with E-state index in [2.05, 4.69) is 11.9 Å². The molecule has 0 aliphatic rings. The Kier molecular flexibility index (Phi) is 6.71. The SMILES string of the molecule is C=CCN(CCOC)C(=O)Nc1cc(Cl)cc(C(=O)O)c1. The standard InChI is InChI=1S/C14H17ClN2O4/c1-3-4-17(5-6-21-2)14(20)16-12-8-10(13(18)19)7-11(15)9-12/h3,7-9H,1,4-6H2,2H3,(H,16,20)(H,18,19). The topological polar surface area (TPSA) is 78.9 Å². The largest absolute Gasteiger partial charge is 0.478 e. The van der Waals surface area contributed by atoms with Crippen LogP contribution in [0.5, 0.6) is 0 Å². The number of benzene rings is 1. The minimum atomic E-state index is -1.12. The van der Waals surface area contributed by atoms with E-state index in [4.69, 9.17) is 21.4 Å². The lowest BCUT2D eigenvalue weighted by Gasteiger charge is -2.21. The molecule has 1 aromatic carbocycles. The van der Waals surface area contributed by atoms with E-state index in [1.165, 1.54) is 23.1 Å². The normalized spacial score (nSPS) is 10.0. The van der Waals surface area contributed by atoms with Gasteiger partial charge in [0, 0.05) is 30.9 Å². The summed E-state index contributed by atoms with van der Waals surface area (Å²) in [6.45, 7) is 4.71. The van der Waals surface area contributed by atoms with Crippen molar-refractivity contribution < 1.29 is 19.4 Å². The molecule has 0 aliphatic carbocycles. The van der Waals surface area contributed by atoms with E-state index in [1.54, 1.807) is 13.2 Å². The molecule has 0 saturated heterocycles. The molecular weight excluding hydrogens is 296 g/mol. The fourth-order valence-electron chi connectivity index (χ4n) is 1.62. The molecule has 1 aromatic rings. The maximum absolute atomic E-state index is 12.1. The number of ether oxygens (including phenoxy) is 1. The fourth-order valence-corrected chi connectivity index (χ4v) is 1.86. The van der Waals surface area contributed by atoms with Crippen LogP contribution in [0.3, 0.4) is 0 Å². The van der Waals surface area contributed by atoms with Crippen LogP contribution in [0.15, 0.2) is 30.9 Å². The summed E-state index contributed by atoms with van der Waals surface area (Å²) in [5, 5.41) is 11.8. The molecule has 6 nitrogen and oxygen atoms in total. The lowest BCUT2D eigenvalue weighted by atomic mass is 10.2. The van der Waals surface area contributed by atoms with Gasteiger partial charge >= 0.3 is 12.0 Å². The van der Waals surface area contributed by atoms with Crippen LogP contribution in [0.25, 0.3) is 0 Å². The molecule has 7 heteroatoms. The number of carbonyl (C=O) groups excluding carboxylic acids is 1. The molecule has 0 radical (unpaired) electrons. The first-order chi connectivity index (χ1) is 9.97. The highest BCUT2D eigenvalue weighted by atomic mass is 35.5. The van der Waals surface area contributed by atoms with Crippen LogP contribution in [0.2, 0.25) is 5.02 Å². The smallest absolute Gasteiger partial charge is 0.335 e. The molecular formula is C14H17ClN2O4. The summed E-state index contributed by atoms with van der Waals surface area (Å²) in [5.41, 5.74) is 0.321. The van der Waals surface area contributed by atoms with E-state index < -0.39 is 5.97 Å². The number of nitrogens with zero attached hydrogens (tertiary/aromatic N) is 1. The molecule has 0 fully saturated rings. The Labute approximate surface area is 128 Å². The number of aromatic carboxylic acids is 1. The van der Waals surface area contributed by atoms with Crippen LogP contribution in [0.4, 0.5) is 10.5 Å². The average Bonchev–Trinajstić information content (AvgIpc) is 2.42. The second-order valence-corrected chi connectivity index (χ2v) is 4.63. The predicted octanol–water partition coefficient (Wildman–Crippen LogP) is 2.70. The van der Waals surface area contributed by atoms with Gasteiger partial charge in [-0.25, -0.2) is 9.59 Å². The monoisotopic (exact) mass is 312 g/mol. The maximum Gasteiger partial charge on any atom is 0.335 e. The number of urea groups is 1. The summed E-state index contributed by atoms with van der Waals surface area (Å²) < 4.78 is 4.93. The number of nitrogens with one attached hydrogen (secondary N) is 1. The zero-order valence-electron chi connectivity index (χ0n) is 11.6. The van der Waals surface area contributed by atoms with Crippen molar-refractivity contribution in [3.05, 3.63) is 41.4 Å². The minimum absolute atomic E-state index is 0.00459. The zero-order valence-corrected chi connectivity index (χ0v) is 12.4. The van der Waals surface area contributed by atoms with E-state index in [0.29, 0.717) is 25.4 Å². The Morgan fingerprint density at radius 3 is 2.76 bits per heavy atom. The highest BCUT2D eigenvalue weighted by Gasteiger charge is 2.13. The second kappa shape index (κ2) is 8.28. The van der Waals surface area contributed by atoms with Gasteiger partial charge in [-0.2, -0.15) is 0 Å². The first kappa shape index (κ1) is 17.0. The third-order valence-electron chi connectivity index (χ3n) is 2.60. The van der Waals surface area contributed by atoms with Gasteiger partial charge in [0.2, 0.25) is 0 Å². The third kappa shape index (κ3) is 5.45. The highest BCUT2D eigenvalue weighted by molar-refractivity contribution is 6.31. The Morgan fingerprint density at radius 1 is 1.48 bits per heavy atom. The lowest BCUT2D eigenvalue weighted by Crippen LogP contribution is -2.37. The molecule has 1 rings (SSSR count). The molecule has 21 heavy (non-hydrogen) atoms. The molecule has 0 unspecified atom stereocenters. The van der Waals surface area contributed by atoms with Crippen molar-refractivity contribution in [2.75, 3.05) is 32.1 Å². The number of carbonyl (C=O) groups is 2. The number of methoxy groups -OCH3 is 1. The molecule has 0 aliphatic heterocycles. The van der Waals surface area contributed by atoms with E-state index in [1.807, 2.05) is 0 Å². The molecule has 0 aromatic heterocycles. The molecule has 0 saturated carbocycles. The Hall–Kier alpha value is -2.05. The van der Waals surface area contributed by atoms with Crippen molar-refractivity contribution >= 4 is 29.3 Å². The first-order valence-corrected chi connectivity index (χ1v) is 6.55. The summed E-state index contributed by atoms with van der Waals surface area (Å²) in [6.07, 6.45) is 1.59. The molecule has 0 bridgehead atoms. The number of anilines is 1. The Balaban J connectivity index is 2.84. The highest BCUT2D eigenvalue weighted by Crippen LogP contribution is 2.19. The van der Waals surface area contributed by atoms with E-state index >= 15 is 0 Å². The van der Waals surface area contributed by atoms with Gasteiger partial charge in [0.15, 0.2) is 0 Å². The van der Waals surface area contributed by atoms with E-state index in [0.717, 1.165) is 0 Å². The first-order valence-electron chi connectivity index (χ1n) is 6.17. The van der Waals surface area contributed by atoms with Gasteiger partial charge in [0.1, 0.15) is 0 Å². The lowest BCUT2D eigenvalue weighted by molar-refractivity contribution is 0.0697. The fraction of sp³-hybridized carbons (Fsp3) is 0.286. The Morgan fingerprint density at radius 2 is 2.19 bits per heavy atom. The minimum Gasteiger partial charge on any atom is -0.478 e. The molecule has 2 amide bonds. The quantitative estimate of drug-likeness (QED) is 0.759.